The van der Waals surface area contributed by atoms with Gasteiger partial charge in [0.15, 0.2) is 0 Å². The van der Waals surface area contributed by atoms with Crippen molar-refractivity contribution in [3.8, 4) is 0 Å². The highest BCUT2D eigenvalue weighted by molar-refractivity contribution is 5.69. The van der Waals surface area contributed by atoms with Crippen LogP contribution in [0.5, 0.6) is 0 Å². The first kappa shape index (κ1) is 52.2. The van der Waals surface area contributed by atoms with Crippen molar-refractivity contribution in [1.82, 2.24) is 0 Å². The minimum atomic E-state index is -0.705. The molecule has 0 aliphatic heterocycles. The Balaban J connectivity index is 3.93. The molecule has 1 atom stereocenters. The molecule has 0 heterocycles. The van der Waals surface area contributed by atoms with Gasteiger partial charge in [-0.1, -0.05) is 198 Å². The fourth-order valence-electron chi connectivity index (χ4n) is 7.28. The van der Waals surface area contributed by atoms with Crippen molar-refractivity contribution >= 4 is 11.9 Å². The summed E-state index contributed by atoms with van der Waals surface area (Å²) in [5, 5.41) is 8.85. The number of ether oxygens (including phenoxy) is 1. The lowest BCUT2D eigenvalue weighted by atomic mass is 10.0. The van der Waals surface area contributed by atoms with Crippen molar-refractivity contribution in [1.29, 1.82) is 0 Å². The molecular weight excluding hydrogens is 665 g/mol. The standard InChI is InChI=1S/C50H92O4/c1-3-5-7-9-11-13-15-17-18-19-20-21-22-23-24-25-26-28-30-32-34-39-43-47-50(53)54-48(45-41-37-35-38-42-46-49(51)52)44-40-36-33-31-29-27-16-14-12-10-8-6-4-2/h16,19-20,27,31,33,48H,3-15,17-18,21-26,28-30,32,34-47H2,1-2H3,(H,51,52)/b20-19-,27-16-,33-31-. The van der Waals surface area contributed by atoms with Crippen LogP contribution in [0.2, 0.25) is 0 Å². The molecule has 1 N–H and O–H groups in total. The minimum Gasteiger partial charge on any atom is -0.481 e. The number of aliphatic carboxylic acids is 1. The molecule has 0 aliphatic carbocycles. The second-order valence-corrected chi connectivity index (χ2v) is 16.3. The smallest absolute Gasteiger partial charge is 0.306 e. The van der Waals surface area contributed by atoms with E-state index in [1.165, 1.54) is 161 Å². The van der Waals surface area contributed by atoms with Crippen LogP contribution in [0.3, 0.4) is 0 Å². The number of carbonyl (C=O) groups excluding carboxylic acids is 1. The summed E-state index contributed by atoms with van der Waals surface area (Å²) in [4.78, 5) is 23.5. The summed E-state index contributed by atoms with van der Waals surface area (Å²) in [5.41, 5.74) is 0. The van der Waals surface area contributed by atoms with Gasteiger partial charge in [0.1, 0.15) is 6.10 Å². The molecule has 0 fully saturated rings. The molecule has 0 amide bonds. The second-order valence-electron chi connectivity index (χ2n) is 16.3. The molecule has 54 heavy (non-hydrogen) atoms. The van der Waals surface area contributed by atoms with E-state index in [2.05, 4.69) is 50.3 Å². The number of carboxylic acid groups (broad SMARTS) is 1. The fraction of sp³-hybridized carbons (Fsp3) is 0.840. The fourth-order valence-corrected chi connectivity index (χ4v) is 7.28. The van der Waals surface area contributed by atoms with Gasteiger partial charge in [-0.15, -0.1) is 0 Å². The number of carboxylic acids is 1. The molecule has 0 aromatic rings. The topological polar surface area (TPSA) is 63.6 Å². The highest BCUT2D eigenvalue weighted by Gasteiger charge is 2.14. The molecule has 316 valence electrons. The zero-order chi connectivity index (χ0) is 39.3. The Kier molecular flexibility index (Phi) is 44.0. The van der Waals surface area contributed by atoms with Crippen LogP contribution in [0.15, 0.2) is 36.5 Å². The number of hydrogen-bond acceptors (Lipinski definition) is 3. The lowest BCUT2D eigenvalue weighted by molar-refractivity contribution is -0.150. The molecule has 0 aliphatic rings. The lowest BCUT2D eigenvalue weighted by Gasteiger charge is -2.18. The molecule has 0 saturated carbocycles. The first-order valence-corrected chi connectivity index (χ1v) is 24.0. The molecule has 0 aromatic carbocycles. The molecule has 0 bridgehead atoms. The maximum absolute atomic E-state index is 12.7. The predicted octanol–water partition coefficient (Wildman–Crippen LogP) is 16.9. The Hall–Kier alpha value is -1.84. The summed E-state index contributed by atoms with van der Waals surface area (Å²) in [6, 6.07) is 0. The number of rotatable bonds is 44. The zero-order valence-corrected chi connectivity index (χ0v) is 36.3. The normalized spacial score (nSPS) is 12.5. The highest BCUT2D eigenvalue weighted by atomic mass is 16.5. The van der Waals surface area contributed by atoms with Gasteiger partial charge in [0.05, 0.1) is 0 Å². The Morgan fingerprint density at radius 3 is 1.19 bits per heavy atom. The average Bonchev–Trinajstić information content (AvgIpc) is 3.16. The predicted molar refractivity (Wildman–Crippen MR) is 236 cm³/mol. The van der Waals surface area contributed by atoms with Crippen molar-refractivity contribution in [2.75, 3.05) is 0 Å². The van der Waals surface area contributed by atoms with Crippen molar-refractivity contribution in [2.24, 2.45) is 0 Å². The number of allylic oxidation sites excluding steroid dienone is 6. The maximum atomic E-state index is 12.7. The number of hydrogen-bond donors (Lipinski definition) is 1. The summed E-state index contributed by atoms with van der Waals surface area (Å²) in [6.45, 7) is 4.55. The van der Waals surface area contributed by atoms with E-state index in [1.54, 1.807) is 0 Å². The van der Waals surface area contributed by atoms with Crippen LogP contribution in [-0.4, -0.2) is 23.1 Å². The maximum Gasteiger partial charge on any atom is 0.306 e. The van der Waals surface area contributed by atoms with Gasteiger partial charge in [0.25, 0.3) is 0 Å². The molecule has 4 nitrogen and oxygen atoms in total. The molecular formula is C50H92O4. The molecule has 1 unspecified atom stereocenters. The summed E-state index contributed by atoms with van der Waals surface area (Å²) < 4.78 is 6.01. The third kappa shape index (κ3) is 44.6. The van der Waals surface area contributed by atoms with Gasteiger partial charge < -0.3 is 9.84 Å². The largest absolute Gasteiger partial charge is 0.481 e. The van der Waals surface area contributed by atoms with Gasteiger partial charge in [-0.3, -0.25) is 9.59 Å². The van der Waals surface area contributed by atoms with E-state index in [9.17, 15) is 9.59 Å². The van der Waals surface area contributed by atoms with Crippen LogP contribution in [0.1, 0.15) is 264 Å². The van der Waals surface area contributed by atoms with Crippen molar-refractivity contribution in [2.45, 2.75) is 270 Å². The SMILES string of the molecule is CCCCCCC/C=C\C/C=C\CCCC(CCCCCCCC(=O)O)OC(=O)CCCCCCCCCCCCC/C=C\CCCCCCCCCC. The van der Waals surface area contributed by atoms with Crippen LogP contribution in [0.25, 0.3) is 0 Å². The second kappa shape index (κ2) is 45.5. The zero-order valence-electron chi connectivity index (χ0n) is 36.3. The van der Waals surface area contributed by atoms with Crippen LogP contribution < -0.4 is 0 Å². The Morgan fingerprint density at radius 2 is 0.741 bits per heavy atom. The Morgan fingerprint density at radius 1 is 0.407 bits per heavy atom. The van der Waals surface area contributed by atoms with E-state index in [4.69, 9.17) is 9.84 Å². The van der Waals surface area contributed by atoms with Gasteiger partial charge in [-0.05, 0) is 89.9 Å². The van der Waals surface area contributed by atoms with E-state index in [0.29, 0.717) is 6.42 Å². The van der Waals surface area contributed by atoms with E-state index < -0.39 is 5.97 Å². The van der Waals surface area contributed by atoms with E-state index in [0.717, 1.165) is 77.0 Å². The number of unbranched alkanes of at least 4 members (excludes halogenated alkanes) is 29. The monoisotopic (exact) mass is 757 g/mol. The quantitative estimate of drug-likeness (QED) is 0.0382. The van der Waals surface area contributed by atoms with Gasteiger partial charge >= 0.3 is 11.9 Å². The third-order valence-electron chi connectivity index (χ3n) is 10.8. The first-order chi connectivity index (χ1) is 26.6. The first-order valence-electron chi connectivity index (χ1n) is 24.0. The van der Waals surface area contributed by atoms with Crippen LogP contribution >= 0.6 is 0 Å². The van der Waals surface area contributed by atoms with Crippen molar-refractivity contribution in [3.05, 3.63) is 36.5 Å². The lowest BCUT2D eigenvalue weighted by Crippen LogP contribution is -2.18. The summed E-state index contributed by atoms with van der Waals surface area (Å²) in [6.07, 6.45) is 60.5. The third-order valence-corrected chi connectivity index (χ3v) is 10.8. The Labute approximate surface area is 337 Å². The van der Waals surface area contributed by atoms with Gasteiger partial charge in [0, 0.05) is 12.8 Å². The van der Waals surface area contributed by atoms with Crippen molar-refractivity contribution < 1.29 is 19.4 Å². The Bertz CT molecular complexity index is 859. The van der Waals surface area contributed by atoms with Crippen LogP contribution in [0, 0.1) is 0 Å². The van der Waals surface area contributed by atoms with Crippen LogP contribution in [-0.2, 0) is 14.3 Å². The summed E-state index contributed by atoms with van der Waals surface area (Å²) >= 11 is 0. The number of esters is 1. The molecule has 0 saturated heterocycles. The molecule has 0 aromatic heterocycles. The molecule has 0 radical (unpaired) electrons. The van der Waals surface area contributed by atoms with Gasteiger partial charge in [-0.25, -0.2) is 0 Å². The number of carbonyl (C=O) groups is 2. The van der Waals surface area contributed by atoms with E-state index in [-0.39, 0.29) is 18.5 Å². The molecule has 4 heteroatoms. The molecule has 0 spiro atoms. The van der Waals surface area contributed by atoms with Crippen LogP contribution in [0.4, 0.5) is 0 Å². The summed E-state index contributed by atoms with van der Waals surface area (Å²) in [5.74, 6) is -0.722. The van der Waals surface area contributed by atoms with E-state index in [1.807, 2.05) is 0 Å². The van der Waals surface area contributed by atoms with Crippen molar-refractivity contribution in [3.63, 3.8) is 0 Å². The van der Waals surface area contributed by atoms with Gasteiger partial charge in [-0.2, -0.15) is 0 Å². The molecule has 0 rings (SSSR count). The average molecular weight is 757 g/mol. The summed E-state index contributed by atoms with van der Waals surface area (Å²) in [7, 11) is 0. The van der Waals surface area contributed by atoms with Gasteiger partial charge in [0.2, 0.25) is 0 Å². The minimum absolute atomic E-state index is 0.0125. The van der Waals surface area contributed by atoms with E-state index >= 15 is 0 Å². The highest BCUT2D eigenvalue weighted by Crippen LogP contribution is 2.18.